The second kappa shape index (κ2) is 9.76. The third-order valence-electron chi connectivity index (χ3n) is 0.325. The molecule has 0 saturated heterocycles. The third kappa shape index (κ3) is 20.8. The van der Waals surface area contributed by atoms with Gasteiger partial charge in [0.25, 0.3) is 0 Å². The molecule has 0 aliphatic carbocycles. The van der Waals surface area contributed by atoms with Crippen LogP contribution in [0.15, 0.2) is 12.7 Å². The lowest BCUT2D eigenvalue weighted by Crippen LogP contribution is -1.98. The van der Waals surface area contributed by atoms with Gasteiger partial charge >= 0.3 is 6.16 Å². The molecule has 0 aliphatic heterocycles. The molecule has 9 heavy (non-hydrogen) atoms. The molecule has 0 radical (unpaired) electrons. The molecule has 0 amide bonds. The van der Waals surface area contributed by atoms with Crippen LogP contribution in [0.1, 0.15) is 0 Å². The van der Waals surface area contributed by atoms with Gasteiger partial charge in [-0.05, 0) is 0 Å². The van der Waals surface area contributed by atoms with E-state index in [-0.39, 0.29) is 6.61 Å². The molecular formula is C6H8O3. The summed E-state index contributed by atoms with van der Waals surface area (Å²) in [6.07, 6.45) is 8.11. The highest BCUT2D eigenvalue weighted by Crippen LogP contribution is 1.73. The van der Waals surface area contributed by atoms with Crippen molar-refractivity contribution in [1.29, 1.82) is 0 Å². The van der Waals surface area contributed by atoms with Gasteiger partial charge in [-0.25, -0.2) is 4.79 Å². The van der Waals surface area contributed by atoms with Crippen molar-refractivity contribution >= 4 is 6.16 Å². The van der Waals surface area contributed by atoms with Crippen molar-refractivity contribution in [3.8, 4) is 12.8 Å². The number of hydrogen-bond acceptors (Lipinski definition) is 2. The van der Waals surface area contributed by atoms with E-state index in [0.29, 0.717) is 0 Å². The van der Waals surface area contributed by atoms with Crippen LogP contribution in [0.25, 0.3) is 0 Å². The second-order valence-electron chi connectivity index (χ2n) is 0.866. The number of ether oxygens (including phenoxy) is 1. The first-order valence-electron chi connectivity index (χ1n) is 2.07. The van der Waals surface area contributed by atoms with Crippen LogP contribution in [0, 0.1) is 12.8 Å². The summed E-state index contributed by atoms with van der Waals surface area (Å²) in [6.45, 7) is 3.31. The lowest BCUT2D eigenvalue weighted by atomic mass is 10.7. The van der Waals surface area contributed by atoms with E-state index in [2.05, 4.69) is 24.2 Å². The molecule has 0 unspecified atom stereocenters. The Hall–Kier alpha value is -1.43. The highest BCUT2D eigenvalue weighted by Gasteiger charge is 1.87. The summed E-state index contributed by atoms with van der Waals surface area (Å²) >= 11 is 0. The summed E-state index contributed by atoms with van der Waals surface area (Å²) in [5.74, 6) is 0. The molecule has 0 aromatic heterocycles. The van der Waals surface area contributed by atoms with E-state index < -0.39 is 6.16 Å². The maximum atomic E-state index is 9.49. The van der Waals surface area contributed by atoms with Crippen LogP contribution in [0.5, 0.6) is 0 Å². The maximum Gasteiger partial charge on any atom is 0.506 e. The molecule has 0 saturated carbocycles. The molecule has 3 heteroatoms. The quantitative estimate of drug-likeness (QED) is 0.344. The molecule has 0 aromatic carbocycles. The van der Waals surface area contributed by atoms with Crippen LogP contribution >= 0.6 is 0 Å². The summed E-state index contributed by atoms with van der Waals surface area (Å²) in [7, 11) is 0. The predicted octanol–water partition coefficient (Wildman–Crippen LogP) is 1.12. The van der Waals surface area contributed by atoms with Crippen LogP contribution in [-0.4, -0.2) is 17.9 Å². The maximum absolute atomic E-state index is 9.49. The fraction of sp³-hybridized carbons (Fsp3) is 0.167. The summed E-state index contributed by atoms with van der Waals surface area (Å²) in [4.78, 5) is 9.49. The van der Waals surface area contributed by atoms with Gasteiger partial charge in [0.15, 0.2) is 0 Å². The van der Waals surface area contributed by atoms with Crippen molar-refractivity contribution in [1.82, 2.24) is 0 Å². The van der Waals surface area contributed by atoms with Crippen molar-refractivity contribution < 1.29 is 14.6 Å². The molecule has 0 bridgehead atoms. The van der Waals surface area contributed by atoms with E-state index in [0.717, 1.165) is 0 Å². The Morgan fingerprint density at radius 2 is 2.22 bits per heavy atom. The van der Waals surface area contributed by atoms with Gasteiger partial charge in [-0.15, -0.1) is 12.8 Å². The van der Waals surface area contributed by atoms with Gasteiger partial charge in [0.05, 0.1) is 0 Å². The first kappa shape index (κ1) is 10.5. The van der Waals surface area contributed by atoms with Crippen molar-refractivity contribution in [2.75, 3.05) is 6.61 Å². The van der Waals surface area contributed by atoms with E-state index in [1.54, 1.807) is 0 Å². The highest BCUT2D eigenvalue weighted by atomic mass is 16.7. The van der Waals surface area contributed by atoms with E-state index in [9.17, 15) is 4.79 Å². The minimum atomic E-state index is -1.26. The van der Waals surface area contributed by atoms with E-state index in [1.807, 2.05) is 0 Å². The Bertz CT molecular complexity index is 104. The number of carboxylic acid groups (broad SMARTS) is 1. The fourth-order valence-corrected chi connectivity index (χ4v) is 0.130. The minimum absolute atomic E-state index is 0.0648. The molecule has 50 valence electrons. The zero-order chi connectivity index (χ0) is 7.70. The Labute approximate surface area is 53.9 Å². The first-order valence-corrected chi connectivity index (χ1v) is 2.07. The van der Waals surface area contributed by atoms with Crippen LogP contribution in [-0.2, 0) is 4.74 Å². The van der Waals surface area contributed by atoms with Gasteiger partial charge in [-0.3, -0.25) is 0 Å². The molecule has 0 fully saturated rings. The van der Waals surface area contributed by atoms with Crippen LogP contribution in [0.4, 0.5) is 4.79 Å². The molecular weight excluding hydrogens is 120 g/mol. The van der Waals surface area contributed by atoms with Crippen molar-refractivity contribution in [2.45, 2.75) is 0 Å². The largest absolute Gasteiger partial charge is 0.506 e. The summed E-state index contributed by atoms with van der Waals surface area (Å²) in [5, 5.41) is 7.77. The van der Waals surface area contributed by atoms with Gasteiger partial charge in [0, 0.05) is 0 Å². The average Bonchev–Trinajstić information content (AvgIpc) is 1.88. The Kier molecular flexibility index (Phi) is 11.4. The van der Waals surface area contributed by atoms with E-state index in [4.69, 9.17) is 5.11 Å². The molecule has 1 N–H and O–H groups in total. The van der Waals surface area contributed by atoms with Gasteiger partial charge in [0.1, 0.15) is 6.61 Å². The second-order valence-corrected chi connectivity index (χ2v) is 0.866. The van der Waals surface area contributed by atoms with E-state index in [1.165, 1.54) is 6.08 Å². The zero-order valence-electron chi connectivity index (χ0n) is 4.91. The summed E-state index contributed by atoms with van der Waals surface area (Å²) in [5.41, 5.74) is 0. The Morgan fingerprint density at radius 3 is 2.33 bits per heavy atom. The van der Waals surface area contributed by atoms with Crippen molar-refractivity contribution in [2.24, 2.45) is 0 Å². The lowest BCUT2D eigenvalue weighted by molar-refractivity contribution is 0.102. The lowest BCUT2D eigenvalue weighted by Gasteiger charge is -1.88. The van der Waals surface area contributed by atoms with Crippen LogP contribution < -0.4 is 0 Å². The smallest absolute Gasteiger partial charge is 0.450 e. The predicted molar refractivity (Wildman–Crippen MR) is 34.1 cm³/mol. The fourth-order valence-electron chi connectivity index (χ4n) is 0.130. The Morgan fingerprint density at radius 1 is 1.78 bits per heavy atom. The number of hydrogen-bond donors (Lipinski definition) is 1. The molecule has 0 aliphatic rings. The third-order valence-corrected chi connectivity index (χ3v) is 0.325. The molecule has 3 nitrogen and oxygen atoms in total. The topological polar surface area (TPSA) is 46.5 Å². The van der Waals surface area contributed by atoms with Gasteiger partial charge in [0.2, 0.25) is 0 Å². The monoisotopic (exact) mass is 128 g/mol. The SMILES string of the molecule is C#C.C=CCOC(=O)O. The first-order chi connectivity index (χ1) is 4.27. The average molecular weight is 128 g/mol. The molecule has 0 spiro atoms. The molecule has 0 atom stereocenters. The minimum Gasteiger partial charge on any atom is -0.450 e. The van der Waals surface area contributed by atoms with Gasteiger partial charge < -0.3 is 9.84 Å². The van der Waals surface area contributed by atoms with Crippen molar-refractivity contribution in [3.05, 3.63) is 12.7 Å². The van der Waals surface area contributed by atoms with Gasteiger partial charge in [-0.1, -0.05) is 12.7 Å². The zero-order valence-corrected chi connectivity index (χ0v) is 4.91. The van der Waals surface area contributed by atoms with Crippen LogP contribution in [0.3, 0.4) is 0 Å². The Balaban J connectivity index is 0. The van der Waals surface area contributed by atoms with E-state index >= 15 is 0 Å². The standard InChI is InChI=1S/C4H6O3.C2H2/c1-2-3-7-4(5)6;1-2/h2H,1,3H2,(H,5,6);1-2H. The summed E-state index contributed by atoms with van der Waals surface area (Å²) in [6, 6.07) is 0. The molecule has 0 heterocycles. The summed E-state index contributed by atoms with van der Waals surface area (Å²) < 4.78 is 3.99. The number of carbonyl (C=O) groups is 1. The number of terminal acetylenes is 1. The number of rotatable bonds is 2. The van der Waals surface area contributed by atoms with Crippen LogP contribution in [0.2, 0.25) is 0 Å². The molecule has 0 aromatic rings. The molecule has 0 rings (SSSR count). The highest BCUT2D eigenvalue weighted by molar-refractivity contribution is 5.56. The van der Waals surface area contributed by atoms with Gasteiger partial charge in [-0.2, -0.15) is 0 Å². The normalized spacial score (nSPS) is 6.00. The van der Waals surface area contributed by atoms with Crippen molar-refractivity contribution in [3.63, 3.8) is 0 Å².